The van der Waals surface area contributed by atoms with Gasteiger partial charge in [0.1, 0.15) is 5.82 Å². The largest absolute Gasteiger partial charge is 0.461 e. The molecule has 21 heavy (non-hydrogen) atoms. The summed E-state index contributed by atoms with van der Waals surface area (Å²) in [5.74, 6) is 0.655. The van der Waals surface area contributed by atoms with Gasteiger partial charge in [-0.15, -0.1) is 0 Å². The number of rotatable bonds is 6. The first-order valence-electron chi connectivity index (χ1n) is 7.44. The van der Waals surface area contributed by atoms with Crippen LogP contribution < -0.4 is 0 Å². The molecule has 2 aromatic rings. The summed E-state index contributed by atoms with van der Waals surface area (Å²) in [5.41, 5.74) is 2.47. The van der Waals surface area contributed by atoms with Crippen LogP contribution in [0.15, 0.2) is 30.3 Å². The van der Waals surface area contributed by atoms with Crippen molar-refractivity contribution in [2.24, 2.45) is 0 Å². The lowest BCUT2D eigenvalue weighted by Crippen LogP contribution is -2.16. The molecule has 1 aromatic heterocycles. The molecule has 0 spiro atoms. The summed E-state index contributed by atoms with van der Waals surface area (Å²) in [6, 6.07) is 10.1. The molecule has 0 fully saturated rings. The first-order chi connectivity index (χ1) is 10.2. The molecule has 1 heterocycles. The van der Waals surface area contributed by atoms with Crippen LogP contribution in [0.5, 0.6) is 0 Å². The van der Waals surface area contributed by atoms with E-state index in [0.717, 1.165) is 29.9 Å². The fourth-order valence-corrected chi connectivity index (χ4v) is 2.44. The number of imidazole rings is 1. The van der Waals surface area contributed by atoms with Crippen molar-refractivity contribution in [2.75, 3.05) is 6.61 Å². The van der Waals surface area contributed by atoms with E-state index in [1.807, 2.05) is 36.6 Å². The molecule has 0 aliphatic rings. The second-order valence-electron chi connectivity index (χ2n) is 5.00. The molecule has 0 saturated carbocycles. The molecule has 0 atom stereocenters. The third-order valence-corrected chi connectivity index (χ3v) is 3.35. The van der Waals surface area contributed by atoms with Crippen molar-refractivity contribution in [2.45, 2.75) is 40.2 Å². The Kier molecular flexibility index (Phi) is 5.14. The molecular weight excluding hydrogens is 264 g/mol. The molecule has 2 rings (SSSR count). The maximum absolute atomic E-state index is 12.2. The predicted molar refractivity (Wildman–Crippen MR) is 82.5 cm³/mol. The Morgan fingerprint density at radius 3 is 2.57 bits per heavy atom. The molecule has 0 aliphatic carbocycles. The average Bonchev–Trinajstić information content (AvgIpc) is 2.77. The fraction of sp³-hybridized carbons (Fsp3) is 0.412. The zero-order valence-corrected chi connectivity index (χ0v) is 12.9. The van der Waals surface area contributed by atoms with Crippen LogP contribution in [0.4, 0.5) is 0 Å². The molecule has 112 valence electrons. The maximum atomic E-state index is 12.2. The van der Waals surface area contributed by atoms with Gasteiger partial charge in [0.15, 0.2) is 5.69 Å². The molecular formula is C17H22N2O2. The van der Waals surface area contributed by atoms with Gasteiger partial charge in [-0.1, -0.05) is 37.3 Å². The van der Waals surface area contributed by atoms with E-state index in [2.05, 4.69) is 24.0 Å². The van der Waals surface area contributed by atoms with E-state index in [1.54, 1.807) is 0 Å². The smallest absolute Gasteiger partial charge is 0.356 e. The summed E-state index contributed by atoms with van der Waals surface area (Å²) in [7, 11) is 0. The number of hydrogen-bond donors (Lipinski definition) is 0. The second-order valence-corrected chi connectivity index (χ2v) is 5.00. The quantitative estimate of drug-likeness (QED) is 0.765. The van der Waals surface area contributed by atoms with Crippen LogP contribution in [0.25, 0.3) is 0 Å². The van der Waals surface area contributed by atoms with Gasteiger partial charge in [-0.2, -0.15) is 0 Å². The van der Waals surface area contributed by atoms with E-state index < -0.39 is 0 Å². The van der Waals surface area contributed by atoms with Gasteiger partial charge < -0.3 is 9.30 Å². The van der Waals surface area contributed by atoms with Gasteiger partial charge in [0, 0.05) is 13.0 Å². The highest BCUT2D eigenvalue weighted by molar-refractivity contribution is 5.89. The van der Waals surface area contributed by atoms with Crippen molar-refractivity contribution in [3.63, 3.8) is 0 Å². The van der Waals surface area contributed by atoms with E-state index in [-0.39, 0.29) is 5.97 Å². The Hall–Kier alpha value is -2.10. The average molecular weight is 286 g/mol. The Morgan fingerprint density at radius 1 is 1.24 bits per heavy atom. The van der Waals surface area contributed by atoms with Gasteiger partial charge in [0.05, 0.1) is 12.3 Å². The number of esters is 1. The van der Waals surface area contributed by atoms with Crippen molar-refractivity contribution >= 4 is 5.97 Å². The van der Waals surface area contributed by atoms with E-state index in [1.165, 1.54) is 0 Å². The molecule has 0 amide bonds. The minimum atomic E-state index is -0.291. The number of carbonyl (C=O) groups is 1. The van der Waals surface area contributed by atoms with Crippen LogP contribution in [0.2, 0.25) is 0 Å². The first-order valence-corrected chi connectivity index (χ1v) is 7.44. The lowest BCUT2D eigenvalue weighted by molar-refractivity contribution is 0.0513. The SMILES string of the molecule is CCCc1nc(C)c(C(=O)OCC)n1Cc1ccccc1. The Morgan fingerprint density at radius 2 is 1.95 bits per heavy atom. The van der Waals surface area contributed by atoms with Crippen LogP contribution in [-0.4, -0.2) is 22.1 Å². The third-order valence-electron chi connectivity index (χ3n) is 3.35. The second kappa shape index (κ2) is 7.07. The fourth-order valence-electron chi connectivity index (χ4n) is 2.44. The number of ether oxygens (including phenoxy) is 1. The van der Waals surface area contributed by atoms with Crippen molar-refractivity contribution < 1.29 is 9.53 Å². The summed E-state index contributed by atoms with van der Waals surface area (Å²) in [5, 5.41) is 0. The minimum Gasteiger partial charge on any atom is -0.461 e. The highest BCUT2D eigenvalue weighted by Crippen LogP contribution is 2.17. The summed E-state index contributed by atoms with van der Waals surface area (Å²) in [4.78, 5) is 16.8. The lowest BCUT2D eigenvalue weighted by atomic mass is 10.2. The molecule has 0 bridgehead atoms. The number of nitrogens with zero attached hydrogens (tertiary/aromatic N) is 2. The molecule has 1 aromatic carbocycles. The highest BCUT2D eigenvalue weighted by Gasteiger charge is 2.21. The maximum Gasteiger partial charge on any atom is 0.356 e. The standard InChI is InChI=1S/C17H22N2O2/c1-4-9-15-18-13(3)16(17(20)21-5-2)19(15)12-14-10-7-6-8-11-14/h6-8,10-11H,4-5,9,12H2,1-3H3. The molecule has 4 nitrogen and oxygen atoms in total. The summed E-state index contributed by atoms with van der Waals surface area (Å²) in [6.45, 7) is 6.81. The van der Waals surface area contributed by atoms with Gasteiger partial charge >= 0.3 is 5.97 Å². The zero-order valence-electron chi connectivity index (χ0n) is 12.9. The van der Waals surface area contributed by atoms with Crippen LogP contribution in [0, 0.1) is 6.92 Å². The summed E-state index contributed by atoms with van der Waals surface area (Å²) in [6.07, 6.45) is 1.85. The number of aromatic nitrogens is 2. The van der Waals surface area contributed by atoms with Crippen molar-refractivity contribution in [1.82, 2.24) is 9.55 Å². The van der Waals surface area contributed by atoms with Crippen LogP contribution >= 0.6 is 0 Å². The monoisotopic (exact) mass is 286 g/mol. The van der Waals surface area contributed by atoms with Gasteiger partial charge in [-0.05, 0) is 25.8 Å². The molecule has 0 radical (unpaired) electrons. The Labute approximate surface area is 125 Å². The normalized spacial score (nSPS) is 10.6. The number of benzene rings is 1. The van der Waals surface area contributed by atoms with Crippen LogP contribution in [0.3, 0.4) is 0 Å². The predicted octanol–water partition coefficient (Wildman–Crippen LogP) is 3.37. The van der Waals surface area contributed by atoms with E-state index in [0.29, 0.717) is 18.8 Å². The highest BCUT2D eigenvalue weighted by atomic mass is 16.5. The number of aryl methyl sites for hydroxylation is 2. The van der Waals surface area contributed by atoms with Gasteiger partial charge in [-0.25, -0.2) is 9.78 Å². The van der Waals surface area contributed by atoms with Crippen molar-refractivity contribution in [1.29, 1.82) is 0 Å². The number of hydrogen-bond acceptors (Lipinski definition) is 3. The molecule has 0 N–H and O–H groups in total. The molecule has 4 heteroatoms. The van der Waals surface area contributed by atoms with Gasteiger partial charge in [-0.3, -0.25) is 0 Å². The third kappa shape index (κ3) is 3.51. The van der Waals surface area contributed by atoms with E-state index in [9.17, 15) is 4.79 Å². The molecule has 0 saturated heterocycles. The zero-order chi connectivity index (χ0) is 15.2. The van der Waals surface area contributed by atoms with Crippen molar-refractivity contribution in [3.8, 4) is 0 Å². The van der Waals surface area contributed by atoms with E-state index in [4.69, 9.17) is 4.74 Å². The summed E-state index contributed by atoms with van der Waals surface area (Å²) < 4.78 is 7.17. The Balaban J connectivity index is 2.41. The van der Waals surface area contributed by atoms with Gasteiger partial charge in [0.25, 0.3) is 0 Å². The molecule has 0 aliphatic heterocycles. The molecule has 0 unspecified atom stereocenters. The van der Waals surface area contributed by atoms with E-state index >= 15 is 0 Å². The Bertz CT molecular complexity index is 603. The lowest BCUT2D eigenvalue weighted by Gasteiger charge is -2.11. The van der Waals surface area contributed by atoms with Crippen molar-refractivity contribution in [3.05, 3.63) is 53.1 Å². The minimum absolute atomic E-state index is 0.291. The topological polar surface area (TPSA) is 44.1 Å². The van der Waals surface area contributed by atoms with Gasteiger partial charge in [0.2, 0.25) is 0 Å². The summed E-state index contributed by atoms with van der Waals surface area (Å²) >= 11 is 0. The van der Waals surface area contributed by atoms with Crippen LogP contribution in [0.1, 0.15) is 47.8 Å². The first kappa shape index (κ1) is 15.3. The van der Waals surface area contributed by atoms with Crippen LogP contribution in [-0.2, 0) is 17.7 Å². The number of carbonyl (C=O) groups excluding carboxylic acids is 1.